The van der Waals surface area contributed by atoms with Gasteiger partial charge in [-0.05, 0) is 0 Å². The van der Waals surface area contributed by atoms with E-state index in [1.807, 2.05) is 0 Å². The lowest BCUT2D eigenvalue weighted by Gasteiger charge is -2.34. The molecule has 0 amide bonds. The van der Waals surface area contributed by atoms with Gasteiger partial charge in [0, 0.05) is 0 Å². The summed E-state index contributed by atoms with van der Waals surface area (Å²) in [5, 5.41) is 28.1. The summed E-state index contributed by atoms with van der Waals surface area (Å²) in [4.78, 5) is 2.86. The largest absolute Gasteiger partial charge is 0.411 e. The van der Waals surface area contributed by atoms with Gasteiger partial charge in [0.1, 0.15) is 12.2 Å². The Morgan fingerprint density at radius 2 is 2.07 bits per heavy atom. The minimum atomic E-state index is -1.09. The molecule has 1 fully saturated rings. The number of hydrogen-bond donors (Lipinski definition) is 4. The van der Waals surface area contributed by atoms with Gasteiger partial charge in [-0.2, -0.15) is 0 Å². The van der Waals surface area contributed by atoms with Crippen molar-refractivity contribution in [2.24, 2.45) is 0 Å². The molecular formula is C8H14NO5+. The van der Waals surface area contributed by atoms with Crippen LogP contribution in [-0.4, -0.2) is 58.5 Å². The van der Waals surface area contributed by atoms with Crippen LogP contribution in [0.1, 0.15) is 6.92 Å². The maximum Gasteiger partial charge on any atom is 0.334 e. The molecule has 1 saturated heterocycles. The molecule has 0 spiro atoms. The molecule has 0 aromatic rings. The van der Waals surface area contributed by atoms with E-state index in [1.165, 1.54) is 0 Å². The molecule has 0 radical (unpaired) electrons. The van der Waals surface area contributed by atoms with Crippen molar-refractivity contribution in [3.63, 3.8) is 0 Å². The first-order valence-corrected chi connectivity index (χ1v) is 4.52. The minimum absolute atomic E-state index is 0.343. The highest BCUT2D eigenvalue weighted by molar-refractivity contribution is 5.67. The molecule has 6 nitrogen and oxygen atoms in total. The zero-order chi connectivity index (χ0) is 10.3. The topological polar surface area (TPSA) is 93.1 Å². The van der Waals surface area contributed by atoms with E-state index in [1.54, 1.807) is 6.92 Å². The molecule has 80 valence electrons. The third kappa shape index (κ3) is 1.40. The quantitative estimate of drug-likeness (QED) is 0.353. The van der Waals surface area contributed by atoms with Gasteiger partial charge >= 0.3 is 5.90 Å². The number of aliphatic hydroxyl groups excluding tert-OH is 3. The van der Waals surface area contributed by atoms with Crippen molar-refractivity contribution in [3.8, 4) is 0 Å². The lowest BCUT2D eigenvalue weighted by Crippen LogP contribution is -2.84. The van der Waals surface area contributed by atoms with Gasteiger partial charge in [-0.15, -0.1) is 0 Å². The molecule has 5 unspecified atom stereocenters. The third-order valence-electron chi connectivity index (χ3n) is 2.54. The lowest BCUT2D eigenvalue weighted by atomic mass is 9.98. The summed E-state index contributed by atoms with van der Waals surface area (Å²) in [6, 6.07) is -0.465. The highest BCUT2D eigenvalue weighted by atomic mass is 16.7. The number of hydrogen-bond acceptors (Lipinski definition) is 5. The van der Waals surface area contributed by atoms with E-state index in [9.17, 15) is 10.2 Å². The Hall–Kier alpha value is -0.690. The molecule has 0 saturated carbocycles. The van der Waals surface area contributed by atoms with E-state index in [0.717, 1.165) is 0 Å². The molecule has 2 aliphatic rings. The SMILES string of the molecule is CC1=[NH+]C2C(O1)OC(CO)C(O)C2O. The number of rotatable bonds is 1. The van der Waals surface area contributed by atoms with Gasteiger partial charge in [0.15, 0.2) is 6.10 Å². The van der Waals surface area contributed by atoms with E-state index in [-0.39, 0.29) is 6.61 Å². The molecular weight excluding hydrogens is 190 g/mol. The molecule has 4 N–H and O–H groups in total. The van der Waals surface area contributed by atoms with Crippen LogP contribution in [-0.2, 0) is 9.47 Å². The first kappa shape index (κ1) is 9.85. The molecule has 2 aliphatic heterocycles. The summed E-state index contributed by atoms with van der Waals surface area (Å²) in [5.41, 5.74) is 0. The fourth-order valence-corrected chi connectivity index (χ4v) is 1.78. The second kappa shape index (κ2) is 3.47. The fraction of sp³-hybridized carbons (Fsp3) is 0.875. The van der Waals surface area contributed by atoms with E-state index >= 15 is 0 Å². The van der Waals surface area contributed by atoms with Crippen LogP contribution in [0.15, 0.2) is 0 Å². The van der Waals surface area contributed by atoms with Gasteiger partial charge in [-0.25, -0.2) is 4.99 Å². The molecule has 2 heterocycles. The predicted octanol–water partition coefficient (Wildman–Crippen LogP) is -3.68. The van der Waals surface area contributed by atoms with Gasteiger partial charge < -0.3 is 24.8 Å². The van der Waals surface area contributed by atoms with Crippen LogP contribution in [0.25, 0.3) is 0 Å². The highest BCUT2D eigenvalue weighted by Crippen LogP contribution is 2.21. The Morgan fingerprint density at radius 1 is 1.36 bits per heavy atom. The zero-order valence-corrected chi connectivity index (χ0v) is 7.75. The average Bonchev–Trinajstić information content (AvgIpc) is 2.52. The van der Waals surface area contributed by atoms with Crippen LogP contribution in [0.5, 0.6) is 0 Å². The van der Waals surface area contributed by atoms with Crippen molar-refractivity contribution in [2.75, 3.05) is 6.61 Å². The van der Waals surface area contributed by atoms with E-state index in [0.29, 0.717) is 5.90 Å². The first-order chi connectivity index (χ1) is 6.63. The molecule has 0 aromatic carbocycles. The summed E-state index contributed by atoms with van der Waals surface area (Å²) in [7, 11) is 0. The van der Waals surface area contributed by atoms with Gasteiger partial charge in [-0.3, -0.25) is 0 Å². The number of nitrogens with one attached hydrogen (secondary N) is 1. The molecule has 2 rings (SSSR count). The summed E-state index contributed by atoms with van der Waals surface area (Å²) >= 11 is 0. The van der Waals surface area contributed by atoms with Crippen molar-refractivity contribution < 1.29 is 29.8 Å². The molecule has 0 aliphatic carbocycles. The monoisotopic (exact) mass is 204 g/mol. The number of ether oxygens (including phenoxy) is 2. The Labute approximate surface area is 80.8 Å². The molecule has 0 bridgehead atoms. The van der Waals surface area contributed by atoms with Crippen molar-refractivity contribution in [2.45, 2.75) is 37.6 Å². The molecule has 6 heteroatoms. The molecule has 5 atom stereocenters. The van der Waals surface area contributed by atoms with Crippen LogP contribution < -0.4 is 4.99 Å². The van der Waals surface area contributed by atoms with Crippen molar-refractivity contribution in [3.05, 3.63) is 0 Å². The Kier molecular flexibility index (Phi) is 2.44. The predicted molar refractivity (Wildman–Crippen MR) is 44.3 cm³/mol. The Balaban J connectivity index is 2.14. The second-order valence-corrected chi connectivity index (χ2v) is 3.55. The molecule has 0 aromatic heterocycles. The number of aliphatic hydroxyl groups is 3. The average molecular weight is 204 g/mol. The van der Waals surface area contributed by atoms with E-state index < -0.39 is 30.6 Å². The zero-order valence-electron chi connectivity index (χ0n) is 7.75. The lowest BCUT2D eigenvalue weighted by molar-refractivity contribution is -0.532. The minimum Gasteiger partial charge on any atom is -0.411 e. The van der Waals surface area contributed by atoms with E-state index in [4.69, 9.17) is 14.6 Å². The standard InChI is InChI=1S/C8H13NO5/c1-3-9-5-7(12)6(11)4(2-10)14-8(5)13-3/h4-8,10-12H,2H2,1H3/p+1. The van der Waals surface area contributed by atoms with Crippen molar-refractivity contribution in [1.29, 1.82) is 0 Å². The first-order valence-electron chi connectivity index (χ1n) is 4.52. The second-order valence-electron chi connectivity index (χ2n) is 3.55. The fourth-order valence-electron chi connectivity index (χ4n) is 1.78. The number of fused-ring (bicyclic) bond motifs is 1. The Bertz CT molecular complexity index is 256. The van der Waals surface area contributed by atoms with Crippen LogP contribution in [0.3, 0.4) is 0 Å². The van der Waals surface area contributed by atoms with Crippen LogP contribution in [0.4, 0.5) is 0 Å². The van der Waals surface area contributed by atoms with Crippen molar-refractivity contribution in [1.82, 2.24) is 0 Å². The highest BCUT2D eigenvalue weighted by Gasteiger charge is 2.52. The van der Waals surface area contributed by atoms with Gasteiger partial charge in [0.05, 0.1) is 13.5 Å². The van der Waals surface area contributed by atoms with Gasteiger partial charge in [0.2, 0.25) is 6.04 Å². The third-order valence-corrected chi connectivity index (χ3v) is 2.54. The smallest absolute Gasteiger partial charge is 0.334 e. The van der Waals surface area contributed by atoms with Gasteiger partial charge in [0.25, 0.3) is 6.29 Å². The summed E-state index contributed by atoms with van der Waals surface area (Å²) < 4.78 is 10.5. The van der Waals surface area contributed by atoms with Crippen molar-refractivity contribution >= 4 is 5.90 Å². The summed E-state index contributed by atoms with van der Waals surface area (Å²) in [6.07, 6.45) is -3.52. The summed E-state index contributed by atoms with van der Waals surface area (Å²) in [5.74, 6) is 0.546. The maximum atomic E-state index is 9.67. The maximum absolute atomic E-state index is 9.67. The normalized spacial score (nSPS) is 46.9. The summed E-state index contributed by atoms with van der Waals surface area (Å²) in [6.45, 7) is 1.36. The van der Waals surface area contributed by atoms with Crippen LogP contribution >= 0.6 is 0 Å². The van der Waals surface area contributed by atoms with Gasteiger partial charge in [-0.1, -0.05) is 0 Å². The van der Waals surface area contributed by atoms with Crippen LogP contribution in [0, 0.1) is 0 Å². The van der Waals surface area contributed by atoms with Crippen LogP contribution in [0.2, 0.25) is 0 Å². The Morgan fingerprint density at radius 3 is 2.71 bits per heavy atom. The molecule has 14 heavy (non-hydrogen) atoms. The van der Waals surface area contributed by atoms with E-state index in [2.05, 4.69) is 4.99 Å².